The van der Waals surface area contributed by atoms with Gasteiger partial charge in [-0.3, -0.25) is 10.1 Å². The molecule has 0 aliphatic carbocycles. The molecular weight excluding hydrogens is 192 g/mol. The van der Waals surface area contributed by atoms with Gasteiger partial charge in [-0.2, -0.15) is 0 Å². The largest absolute Gasteiger partial charge is 0.391 e. The van der Waals surface area contributed by atoms with Crippen LogP contribution in [0.15, 0.2) is 11.4 Å². The summed E-state index contributed by atoms with van der Waals surface area (Å²) >= 11 is 1.01. The summed E-state index contributed by atoms with van der Waals surface area (Å²) in [6.45, 7) is 1.55. The summed E-state index contributed by atoms with van der Waals surface area (Å²) in [7, 11) is 0. The van der Waals surface area contributed by atoms with Gasteiger partial charge in [-0.25, -0.2) is 0 Å². The average molecular weight is 202 g/mol. The Morgan fingerprint density at radius 1 is 1.77 bits per heavy atom. The van der Waals surface area contributed by atoms with Crippen molar-refractivity contribution in [3.63, 3.8) is 0 Å². The lowest BCUT2D eigenvalue weighted by molar-refractivity contribution is -0.380. The predicted octanol–water partition coefficient (Wildman–Crippen LogP) is 1.04. The summed E-state index contributed by atoms with van der Waals surface area (Å²) in [5, 5.41) is 21.1. The lowest BCUT2D eigenvalue weighted by Crippen LogP contribution is -2.22. The fourth-order valence-electron chi connectivity index (χ4n) is 0.888. The van der Waals surface area contributed by atoms with Gasteiger partial charge in [0, 0.05) is 11.4 Å². The van der Waals surface area contributed by atoms with Crippen LogP contribution in [0.5, 0.6) is 0 Å². The smallest absolute Gasteiger partial charge is 0.324 e. The molecule has 0 saturated heterocycles. The van der Waals surface area contributed by atoms with Crippen LogP contribution in [-0.2, 0) is 0 Å². The Labute approximate surface area is 79.0 Å². The molecule has 0 bridgehead atoms. The summed E-state index contributed by atoms with van der Waals surface area (Å²) in [6.07, 6.45) is -0.700. The minimum Gasteiger partial charge on any atom is -0.391 e. The van der Waals surface area contributed by atoms with Crippen molar-refractivity contribution in [2.45, 2.75) is 19.1 Å². The second-order valence-corrected chi connectivity index (χ2v) is 3.63. The molecule has 13 heavy (non-hydrogen) atoms. The molecule has 1 aromatic rings. The SMILES string of the molecule is CC(O)C(N)c1csc([N+](=O)[O-])c1. The number of nitrogens with zero attached hydrogens (tertiary/aromatic N) is 1. The molecule has 3 N–H and O–H groups in total. The molecule has 72 valence electrons. The Bertz CT molecular complexity index is 310. The zero-order valence-corrected chi connectivity index (χ0v) is 7.82. The van der Waals surface area contributed by atoms with Crippen LogP contribution >= 0.6 is 11.3 Å². The van der Waals surface area contributed by atoms with E-state index in [1.54, 1.807) is 12.3 Å². The normalized spacial score (nSPS) is 15.3. The minimum atomic E-state index is -0.700. The Morgan fingerprint density at radius 2 is 2.38 bits per heavy atom. The summed E-state index contributed by atoms with van der Waals surface area (Å²) in [5.41, 5.74) is 6.19. The van der Waals surface area contributed by atoms with E-state index in [2.05, 4.69) is 0 Å². The van der Waals surface area contributed by atoms with Gasteiger partial charge in [0.2, 0.25) is 0 Å². The standard InChI is InChI=1S/C7H10N2O3S/c1-4(10)7(8)5-2-6(9(11)12)13-3-5/h2-4,7,10H,8H2,1H3. The highest BCUT2D eigenvalue weighted by Gasteiger charge is 2.17. The van der Waals surface area contributed by atoms with E-state index in [0.717, 1.165) is 11.3 Å². The topological polar surface area (TPSA) is 89.4 Å². The number of thiophene rings is 1. The summed E-state index contributed by atoms with van der Waals surface area (Å²) in [6, 6.07) is 0.840. The van der Waals surface area contributed by atoms with E-state index >= 15 is 0 Å². The molecule has 0 saturated carbocycles. The van der Waals surface area contributed by atoms with Gasteiger partial charge in [-0.05, 0) is 12.5 Å². The Hall–Kier alpha value is -0.980. The molecule has 0 radical (unpaired) electrons. The lowest BCUT2D eigenvalue weighted by atomic mass is 10.1. The minimum absolute atomic E-state index is 0.0473. The zero-order chi connectivity index (χ0) is 10.0. The van der Waals surface area contributed by atoms with Crippen LogP contribution in [0.4, 0.5) is 5.00 Å². The molecule has 1 heterocycles. The van der Waals surface area contributed by atoms with Crippen molar-refractivity contribution in [3.8, 4) is 0 Å². The highest BCUT2D eigenvalue weighted by atomic mass is 32.1. The van der Waals surface area contributed by atoms with Crippen molar-refractivity contribution in [2.75, 3.05) is 0 Å². The van der Waals surface area contributed by atoms with Crippen molar-refractivity contribution in [2.24, 2.45) is 5.73 Å². The van der Waals surface area contributed by atoms with Gasteiger partial charge in [-0.1, -0.05) is 11.3 Å². The number of nitrogens with two attached hydrogens (primary N) is 1. The van der Waals surface area contributed by atoms with Crippen molar-refractivity contribution >= 4 is 16.3 Å². The molecule has 0 aliphatic rings. The van der Waals surface area contributed by atoms with Crippen LogP contribution in [0.3, 0.4) is 0 Å². The maximum Gasteiger partial charge on any atom is 0.324 e. The first-order chi connectivity index (χ1) is 6.02. The van der Waals surface area contributed by atoms with Gasteiger partial charge in [0.15, 0.2) is 0 Å². The first-order valence-corrected chi connectivity index (χ1v) is 4.57. The molecule has 1 rings (SSSR count). The van der Waals surface area contributed by atoms with Gasteiger partial charge in [-0.15, -0.1) is 0 Å². The Kier molecular flexibility index (Phi) is 2.97. The molecule has 0 aromatic carbocycles. The number of hydrogen-bond acceptors (Lipinski definition) is 5. The number of rotatable bonds is 3. The van der Waals surface area contributed by atoms with Crippen LogP contribution in [0.1, 0.15) is 18.5 Å². The molecule has 2 atom stereocenters. The third-order valence-electron chi connectivity index (χ3n) is 1.69. The second-order valence-electron chi connectivity index (χ2n) is 2.74. The highest BCUT2D eigenvalue weighted by molar-refractivity contribution is 7.13. The van der Waals surface area contributed by atoms with E-state index in [-0.39, 0.29) is 5.00 Å². The molecule has 6 heteroatoms. The van der Waals surface area contributed by atoms with Crippen molar-refractivity contribution < 1.29 is 10.0 Å². The monoisotopic (exact) mass is 202 g/mol. The lowest BCUT2D eigenvalue weighted by Gasteiger charge is -2.11. The summed E-state index contributed by atoms with van der Waals surface area (Å²) in [5.74, 6) is 0. The van der Waals surface area contributed by atoms with E-state index in [1.807, 2.05) is 0 Å². The number of nitro groups is 1. The Balaban J connectivity index is 2.85. The molecular formula is C7H10N2O3S. The predicted molar refractivity (Wildman–Crippen MR) is 49.6 cm³/mol. The molecule has 5 nitrogen and oxygen atoms in total. The van der Waals surface area contributed by atoms with Crippen molar-refractivity contribution in [1.29, 1.82) is 0 Å². The highest BCUT2D eigenvalue weighted by Crippen LogP contribution is 2.27. The van der Waals surface area contributed by atoms with Gasteiger partial charge in [0.1, 0.15) is 0 Å². The molecule has 2 unspecified atom stereocenters. The maximum absolute atomic E-state index is 10.3. The number of hydrogen-bond donors (Lipinski definition) is 2. The van der Waals surface area contributed by atoms with E-state index in [0.29, 0.717) is 5.56 Å². The van der Waals surface area contributed by atoms with Crippen molar-refractivity contribution in [3.05, 3.63) is 27.1 Å². The third kappa shape index (κ3) is 2.24. The Morgan fingerprint density at radius 3 is 2.77 bits per heavy atom. The van der Waals surface area contributed by atoms with E-state index in [9.17, 15) is 10.1 Å². The first-order valence-electron chi connectivity index (χ1n) is 3.69. The molecule has 0 fully saturated rings. The number of aliphatic hydroxyl groups excluding tert-OH is 1. The van der Waals surface area contributed by atoms with E-state index in [4.69, 9.17) is 10.8 Å². The molecule has 1 aromatic heterocycles. The fraction of sp³-hybridized carbons (Fsp3) is 0.429. The van der Waals surface area contributed by atoms with Crippen LogP contribution in [0.25, 0.3) is 0 Å². The molecule has 0 spiro atoms. The maximum atomic E-state index is 10.3. The third-order valence-corrected chi connectivity index (χ3v) is 2.59. The van der Waals surface area contributed by atoms with Gasteiger partial charge < -0.3 is 10.8 Å². The number of aliphatic hydroxyl groups is 1. The van der Waals surface area contributed by atoms with Gasteiger partial charge >= 0.3 is 5.00 Å². The van der Waals surface area contributed by atoms with Gasteiger partial charge in [0.25, 0.3) is 0 Å². The van der Waals surface area contributed by atoms with Crippen molar-refractivity contribution in [1.82, 2.24) is 0 Å². The van der Waals surface area contributed by atoms with E-state index in [1.165, 1.54) is 6.07 Å². The van der Waals surface area contributed by atoms with Crippen LogP contribution in [-0.4, -0.2) is 16.1 Å². The second kappa shape index (κ2) is 3.82. The van der Waals surface area contributed by atoms with Crippen LogP contribution < -0.4 is 5.73 Å². The summed E-state index contributed by atoms with van der Waals surface area (Å²) in [4.78, 5) is 9.85. The van der Waals surface area contributed by atoms with E-state index < -0.39 is 17.1 Å². The molecule has 0 aliphatic heterocycles. The van der Waals surface area contributed by atoms with Gasteiger partial charge in [0.05, 0.1) is 17.1 Å². The quantitative estimate of drug-likeness (QED) is 0.566. The molecule has 0 amide bonds. The van der Waals surface area contributed by atoms with Crippen LogP contribution in [0.2, 0.25) is 0 Å². The summed E-state index contributed by atoms with van der Waals surface area (Å²) < 4.78 is 0. The van der Waals surface area contributed by atoms with Crippen LogP contribution in [0, 0.1) is 10.1 Å². The fourth-order valence-corrected chi connectivity index (χ4v) is 1.66. The zero-order valence-electron chi connectivity index (χ0n) is 7.01. The average Bonchev–Trinajstić information content (AvgIpc) is 2.50. The first kappa shape index (κ1) is 10.1.